The third-order valence-corrected chi connectivity index (χ3v) is 6.10. The Hall–Kier alpha value is -2.87. The highest BCUT2D eigenvalue weighted by molar-refractivity contribution is 6.06. The van der Waals surface area contributed by atoms with E-state index in [2.05, 4.69) is 65.0 Å². The van der Waals surface area contributed by atoms with Crippen LogP contribution in [0.5, 0.6) is 11.5 Å². The lowest BCUT2D eigenvalue weighted by molar-refractivity contribution is -0.659. The van der Waals surface area contributed by atoms with Crippen molar-refractivity contribution in [1.29, 1.82) is 0 Å². The predicted octanol–water partition coefficient (Wildman–Crippen LogP) is 6.64. The molecule has 4 aromatic rings. The molecule has 2 nitrogen and oxygen atoms in total. The van der Waals surface area contributed by atoms with E-state index >= 15 is 0 Å². The lowest BCUT2D eigenvalue weighted by Crippen LogP contribution is -2.31. The maximum absolute atomic E-state index is 8.58. The van der Waals surface area contributed by atoms with Crippen molar-refractivity contribution in [2.24, 2.45) is 7.05 Å². The SMILES string of the molecule is [2H]c1cc2cc(C(C)C)cc3c2c([n+]1C)-c1c(cc2c(C)cc(C)cc2c1C)O3. The molecule has 0 N–H and O–H groups in total. The van der Waals surface area contributed by atoms with Crippen molar-refractivity contribution in [3.8, 4) is 22.8 Å². The Morgan fingerprint density at radius 2 is 1.75 bits per heavy atom. The Morgan fingerprint density at radius 1 is 0.964 bits per heavy atom. The van der Waals surface area contributed by atoms with Crippen molar-refractivity contribution >= 4 is 21.5 Å². The summed E-state index contributed by atoms with van der Waals surface area (Å²) in [5, 5.41) is 4.67. The maximum Gasteiger partial charge on any atom is 0.228 e. The van der Waals surface area contributed by atoms with Crippen molar-refractivity contribution in [2.45, 2.75) is 40.5 Å². The summed E-state index contributed by atoms with van der Waals surface area (Å²) >= 11 is 0. The number of aromatic nitrogens is 1. The molecule has 140 valence electrons. The average molecular weight is 370 g/mol. The van der Waals surface area contributed by atoms with Crippen LogP contribution in [0.3, 0.4) is 0 Å². The molecule has 3 aromatic carbocycles. The molecule has 0 unspecified atom stereocenters. The molecule has 0 amide bonds. The summed E-state index contributed by atoms with van der Waals surface area (Å²) in [6, 6.07) is 13.0. The number of benzene rings is 3. The fraction of sp³-hybridized carbons (Fsp3) is 0.269. The van der Waals surface area contributed by atoms with Gasteiger partial charge in [0, 0.05) is 6.07 Å². The zero-order valence-corrected chi connectivity index (χ0v) is 17.4. The van der Waals surface area contributed by atoms with Crippen LogP contribution in [-0.2, 0) is 7.05 Å². The molecular weight excluding hydrogens is 342 g/mol. The van der Waals surface area contributed by atoms with Gasteiger partial charge in [0.15, 0.2) is 6.17 Å². The van der Waals surface area contributed by atoms with Gasteiger partial charge in [-0.05, 0) is 71.7 Å². The Labute approximate surface area is 167 Å². The molecule has 1 aromatic heterocycles. The summed E-state index contributed by atoms with van der Waals surface area (Å²) in [4.78, 5) is 0. The minimum Gasteiger partial charge on any atom is -0.456 e. The van der Waals surface area contributed by atoms with Gasteiger partial charge in [-0.1, -0.05) is 37.6 Å². The van der Waals surface area contributed by atoms with Crippen LogP contribution in [0.1, 0.15) is 43.4 Å². The van der Waals surface area contributed by atoms with E-state index in [1.165, 1.54) is 33.0 Å². The molecule has 0 atom stereocenters. The topological polar surface area (TPSA) is 13.1 Å². The summed E-state index contributed by atoms with van der Waals surface area (Å²) in [6.07, 6.45) is 0.507. The lowest BCUT2D eigenvalue weighted by atomic mass is 9.89. The molecule has 1 aliphatic heterocycles. The van der Waals surface area contributed by atoms with E-state index in [-0.39, 0.29) is 0 Å². The van der Waals surface area contributed by atoms with Gasteiger partial charge < -0.3 is 4.74 Å². The second-order valence-electron chi connectivity index (χ2n) is 8.47. The Balaban J connectivity index is 1.98. The summed E-state index contributed by atoms with van der Waals surface area (Å²) in [6.45, 7) is 10.9. The van der Waals surface area contributed by atoms with Gasteiger partial charge in [-0.2, -0.15) is 0 Å². The summed E-state index contributed by atoms with van der Waals surface area (Å²) in [5.74, 6) is 2.18. The van der Waals surface area contributed by atoms with E-state index in [0.717, 1.165) is 33.5 Å². The van der Waals surface area contributed by atoms with Gasteiger partial charge in [-0.3, -0.25) is 0 Å². The molecule has 0 radical (unpaired) electrons. The molecule has 0 fully saturated rings. The minimum absolute atomic E-state index is 0.399. The van der Waals surface area contributed by atoms with Gasteiger partial charge in [0.05, 0.1) is 10.9 Å². The second kappa shape index (κ2) is 5.81. The van der Waals surface area contributed by atoms with E-state index in [1.54, 1.807) is 0 Å². The molecule has 2 heterocycles. The van der Waals surface area contributed by atoms with Gasteiger partial charge in [-0.15, -0.1) is 0 Å². The molecule has 0 saturated carbocycles. The highest BCUT2D eigenvalue weighted by Crippen LogP contribution is 2.49. The van der Waals surface area contributed by atoms with Gasteiger partial charge in [-0.25, -0.2) is 4.57 Å². The molecule has 5 rings (SSSR count). The van der Waals surface area contributed by atoms with Crippen LogP contribution in [0.15, 0.2) is 42.6 Å². The highest BCUT2D eigenvalue weighted by atomic mass is 16.5. The molecule has 0 spiro atoms. The first kappa shape index (κ1) is 16.1. The van der Waals surface area contributed by atoms with Crippen molar-refractivity contribution in [3.63, 3.8) is 0 Å². The van der Waals surface area contributed by atoms with Crippen molar-refractivity contribution in [1.82, 2.24) is 0 Å². The largest absolute Gasteiger partial charge is 0.456 e. The average Bonchev–Trinajstić information content (AvgIpc) is 2.65. The number of ether oxygens (including phenoxy) is 1. The number of hydrogen-bond acceptors (Lipinski definition) is 1. The van der Waals surface area contributed by atoms with Crippen LogP contribution in [0.4, 0.5) is 0 Å². The molecule has 0 bridgehead atoms. The first-order valence-electron chi connectivity index (χ1n) is 10.5. The molecule has 0 saturated heterocycles. The lowest BCUT2D eigenvalue weighted by Gasteiger charge is -2.23. The molecule has 1 aliphatic rings. The number of rotatable bonds is 1. The molecule has 28 heavy (non-hydrogen) atoms. The van der Waals surface area contributed by atoms with Gasteiger partial charge in [0.1, 0.15) is 19.9 Å². The first-order valence-corrected chi connectivity index (χ1v) is 9.96. The van der Waals surface area contributed by atoms with Crippen LogP contribution in [-0.4, -0.2) is 0 Å². The zero-order valence-electron chi connectivity index (χ0n) is 18.4. The highest BCUT2D eigenvalue weighted by Gasteiger charge is 2.30. The van der Waals surface area contributed by atoms with Gasteiger partial charge in [0.2, 0.25) is 5.69 Å². The van der Waals surface area contributed by atoms with Crippen LogP contribution >= 0.6 is 0 Å². The maximum atomic E-state index is 8.58. The van der Waals surface area contributed by atoms with Crippen LogP contribution < -0.4 is 9.30 Å². The minimum atomic E-state index is 0.399. The van der Waals surface area contributed by atoms with E-state index in [4.69, 9.17) is 6.11 Å². The Bertz CT molecular complexity index is 1350. The third kappa shape index (κ3) is 2.30. The smallest absolute Gasteiger partial charge is 0.228 e. The van der Waals surface area contributed by atoms with Crippen LogP contribution in [0.25, 0.3) is 32.8 Å². The van der Waals surface area contributed by atoms with Gasteiger partial charge >= 0.3 is 0 Å². The van der Waals surface area contributed by atoms with Crippen LogP contribution in [0.2, 0.25) is 0 Å². The first-order chi connectivity index (χ1) is 13.8. The Kier molecular flexibility index (Phi) is 3.35. The third-order valence-electron chi connectivity index (χ3n) is 6.10. The Morgan fingerprint density at radius 3 is 2.50 bits per heavy atom. The van der Waals surface area contributed by atoms with Crippen molar-refractivity contribution < 1.29 is 10.7 Å². The molecule has 2 heteroatoms. The van der Waals surface area contributed by atoms with Crippen molar-refractivity contribution in [3.05, 3.63) is 64.8 Å². The number of pyridine rings is 1. The number of hydrogen-bond donors (Lipinski definition) is 0. The summed E-state index contributed by atoms with van der Waals surface area (Å²) in [7, 11) is 1.98. The second-order valence-corrected chi connectivity index (χ2v) is 8.47. The number of nitrogens with zero attached hydrogens (tertiary/aromatic N) is 1. The monoisotopic (exact) mass is 369 g/mol. The summed E-state index contributed by atoms with van der Waals surface area (Å²) in [5.41, 5.74) is 7.16. The molecule has 0 aliphatic carbocycles. The van der Waals surface area contributed by atoms with E-state index in [9.17, 15) is 0 Å². The molecular formula is C26H26NO+. The fourth-order valence-electron chi connectivity index (χ4n) is 4.63. The number of fused-ring (bicyclic) bond motifs is 3. The van der Waals surface area contributed by atoms with Crippen LogP contribution in [0, 0.1) is 20.8 Å². The van der Waals surface area contributed by atoms with E-state index in [1.807, 2.05) is 17.7 Å². The summed E-state index contributed by atoms with van der Waals surface area (Å²) < 4.78 is 17.1. The quantitative estimate of drug-likeness (QED) is 0.302. The normalized spacial score (nSPS) is 13.0. The van der Waals surface area contributed by atoms with E-state index < -0.39 is 0 Å². The van der Waals surface area contributed by atoms with Gasteiger partial charge in [0.25, 0.3) is 0 Å². The van der Waals surface area contributed by atoms with E-state index in [0.29, 0.717) is 12.1 Å². The van der Waals surface area contributed by atoms with Crippen molar-refractivity contribution in [2.75, 3.05) is 0 Å². The fourth-order valence-corrected chi connectivity index (χ4v) is 4.63. The standard InChI is InChI=1S/C26H26NO/c1-14(2)19-11-18-7-8-27(6)26-24-17(5)21-10-15(3)9-16(4)20(21)13-23(24)28-22(12-19)25(18)26/h7-14H,1-6H3/q+1/i8D. The predicted molar refractivity (Wildman–Crippen MR) is 116 cm³/mol. The zero-order chi connectivity index (χ0) is 20.6. The number of aryl methyl sites for hydroxylation is 3.